The van der Waals surface area contributed by atoms with Crippen molar-refractivity contribution in [3.63, 3.8) is 0 Å². The normalized spacial score (nSPS) is 11.4. The average molecular weight is 529 g/mol. The molecule has 190 valence electrons. The van der Waals surface area contributed by atoms with E-state index in [-0.39, 0.29) is 24.8 Å². The average Bonchev–Trinajstić information content (AvgIpc) is 2.83. The molecule has 0 aliphatic rings. The van der Waals surface area contributed by atoms with E-state index in [9.17, 15) is 5.11 Å². The molecule has 0 saturated carbocycles. The van der Waals surface area contributed by atoms with Crippen LogP contribution < -0.4 is 9.97 Å². The number of hydrogen-bond donors (Lipinski definition) is 2. The van der Waals surface area contributed by atoms with Crippen molar-refractivity contribution in [1.82, 2.24) is 0 Å². The van der Waals surface area contributed by atoms with Gasteiger partial charge in [0.15, 0.2) is 20.5 Å². The van der Waals surface area contributed by atoms with E-state index in [1.54, 1.807) is 12.1 Å². The zero-order valence-electron chi connectivity index (χ0n) is 20.4. The van der Waals surface area contributed by atoms with E-state index < -0.39 is 0 Å². The fraction of sp³-hybridized carbons (Fsp3) is 0.556. The van der Waals surface area contributed by atoms with Crippen LogP contribution in [0.1, 0.15) is 96.0 Å². The second kappa shape index (κ2) is 18.1. The van der Waals surface area contributed by atoms with Crippen molar-refractivity contribution in [2.45, 2.75) is 96.8 Å². The Morgan fingerprint density at radius 2 is 1.35 bits per heavy atom. The third kappa shape index (κ3) is 12.5. The van der Waals surface area contributed by atoms with Gasteiger partial charge in [0.1, 0.15) is 0 Å². The topological polar surface area (TPSA) is 50.7 Å². The van der Waals surface area contributed by atoms with Gasteiger partial charge in [-0.15, -0.1) is 4.67 Å². The fourth-order valence-electron chi connectivity index (χ4n) is 3.89. The summed E-state index contributed by atoms with van der Waals surface area (Å²) >= 11 is 11.8. The van der Waals surface area contributed by atoms with Crippen molar-refractivity contribution in [2.24, 2.45) is 0 Å². The molecule has 0 saturated heterocycles. The number of benzene rings is 2. The first-order valence-electron chi connectivity index (χ1n) is 12.7. The van der Waals surface area contributed by atoms with E-state index in [1.165, 1.54) is 89.0 Å². The molecular weight excluding hydrogens is 488 g/mol. The van der Waals surface area contributed by atoms with Gasteiger partial charge < -0.3 is 15.1 Å². The molecular formula is C27H40Cl2NO3P. The number of nitrogens with one attached hydrogen (secondary N) is 1. The molecule has 1 unspecified atom stereocenters. The number of aromatic hydroxyl groups is 1. The molecule has 0 fully saturated rings. The number of phenolic OH excluding ortho intramolecular Hbond substituents is 1. The molecule has 0 spiro atoms. The van der Waals surface area contributed by atoms with Crippen LogP contribution in [-0.4, -0.2) is 5.11 Å². The number of rotatable bonds is 19. The van der Waals surface area contributed by atoms with E-state index >= 15 is 0 Å². The maximum atomic E-state index is 9.60. The Balaban J connectivity index is 1.50. The second-order valence-corrected chi connectivity index (χ2v) is 10.3. The summed E-state index contributed by atoms with van der Waals surface area (Å²) in [6.07, 6.45) is 18.8. The van der Waals surface area contributed by atoms with Crippen molar-refractivity contribution >= 4 is 37.8 Å². The van der Waals surface area contributed by atoms with Crippen molar-refractivity contribution in [1.29, 1.82) is 0 Å². The van der Waals surface area contributed by atoms with Gasteiger partial charge in [-0.25, -0.2) is 0 Å². The van der Waals surface area contributed by atoms with Crippen LogP contribution in [0, 0.1) is 0 Å². The van der Waals surface area contributed by atoms with Crippen molar-refractivity contribution in [3.8, 4) is 11.5 Å². The lowest BCUT2D eigenvalue weighted by Crippen LogP contribution is -1.94. The second-order valence-electron chi connectivity index (χ2n) is 8.82. The van der Waals surface area contributed by atoms with Gasteiger partial charge in [-0.2, -0.15) is 0 Å². The summed E-state index contributed by atoms with van der Waals surface area (Å²) < 4.78 is 5.28. The first kappa shape index (κ1) is 29.0. The molecule has 2 N–H and O–H groups in total. The van der Waals surface area contributed by atoms with Gasteiger partial charge in [-0.05, 0) is 42.7 Å². The molecule has 0 aliphatic heterocycles. The van der Waals surface area contributed by atoms with Crippen LogP contribution in [0.25, 0.3) is 0 Å². The fourth-order valence-corrected chi connectivity index (χ4v) is 4.81. The summed E-state index contributed by atoms with van der Waals surface area (Å²) in [5.74, 6) is 0.554. The highest BCUT2D eigenvalue weighted by atomic mass is 35.5. The first-order valence-corrected chi connectivity index (χ1v) is 14.4. The minimum Gasteiger partial charge on any atom is -0.505 e. The number of halogens is 2. The third-order valence-corrected chi connectivity index (χ3v) is 6.99. The summed E-state index contributed by atoms with van der Waals surface area (Å²) in [7, 11) is -0.150. The zero-order chi connectivity index (χ0) is 24.4. The predicted molar refractivity (Wildman–Crippen MR) is 148 cm³/mol. The Bertz CT molecular complexity index is 799. The molecule has 2 rings (SSSR count). The van der Waals surface area contributed by atoms with Crippen LogP contribution in [0.15, 0.2) is 36.4 Å². The molecule has 1 atom stereocenters. The lowest BCUT2D eigenvalue weighted by atomic mass is 10.0. The van der Waals surface area contributed by atoms with Crippen molar-refractivity contribution in [2.75, 3.05) is 5.09 Å². The lowest BCUT2D eigenvalue weighted by Gasteiger charge is -2.09. The molecule has 4 nitrogen and oxygen atoms in total. The quantitative estimate of drug-likeness (QED) is 0.0626. The lowest BCUT2D eigenvalue weighted by molar-refractivity contribution is -0.0835. The Labute approximate surface area is 217 Å². The zero-order valence-corrected chi connectivity index (χ0v) is 22.9. The van der Waals surface area contributed by atoms with Crippen LogP contribution in [0.5, 0.6) is 11.5 Å². The van der Waals surface area contributed by atoms with Gasteiger partial charge in [0.05, 0.1) is 10.0 Å². The van der Waals surface area contributed by atoms with Crippen LogP contribution in [0.4, 0.5) is 5.69 Å². The highest BCUT2D eigenvalue weighted by molar-refractivity contribution is 7.34. The van der Waals surface area contributed by atoms with Crippen LogP contribution in [-0.2, 0) is 11.1 Å². The van der Waals surface area contributed by atoms with Gasteiger partial charge >= 0.3 is 0 Å². The standard InChI is InChI=1S/C27H40Cl2NO3P/c1-2-3-4-5-6-7-8-9-10-11-12-13-14-16-22-17-15-18-24(19-22)32-33-34-30-23-20-25(28)27(31)26(29)21-23/h15,17-21,30-31,34H,2-14,16H2,1H3. The molecule has 7 heteroatoms. The van der Waals surface area contributed by atoms with Gasteiger partial charge in [-0.3, -0.25) is 0 Å². The number of hydrogen-bond acceptors (Lipinski definition) is 4. The molecule has 0 bridgehead atoms. The van der Waals surface area contributed by atoms with E-state index in [1.807, 2.05) is 18.2 Å². The van der Waals surface area contributed by atoms with E-state index in [0.717, 1.165) is 6.42 Å². The van der Waals surface area contributed by atoms with Gasteiger partial charge in [0, 0.05) is 5.69 Å². The maximum absolute atomic E-state index is 9.60. The Kier molecular flexibility index (Phi) is 15.5. The van der Waals surface area contributed by atoms with Gasteiger partial charge in [0.2, 0.25) is 0 Å². The number of anilines is 1. The molecule has 0 heterocycles. The van der Waals surface area contributed by atoms with Crippen molar-refractivity contribution < 1.29 is 14.7 Å². The summed E-state index contributed by atoms with van der Waals surface area (Å²) in [5, 5.41) is 13.0. The summed E-state index contributed by atoms with van der Waals surface area (Å²) in [6.45, 7) is 2.28. The van der Waals surface area contributed by atoms with Crippen LogP contribution >= 0.6 is 32.2 Å². The molecule has 2 aromatic carbocycles. The molecule has 34 heavy (non-hydrogen) atoms. The van der Waals surface area contributed by atoms with E-state index in [4.69, 9.17) is 32.8 Å². The Morgan fingerprint density at radius 3 is 1.94 bits per heavy atom. The minimum absolute atomic E-state index is 0.130. The molecule has 0 aliphatic carbocycles. The molecule has 0 radical (unpaired) electrons. The van der Waals surface area contributed by atoms with Crippen LogP contribution in [0.2, 0.25) is 10.0 Å². The van der Waals surface area contributed by atoms with Gasteiger partial charge in [-0.1, -0.05) is 119 Å². The van der Waals surface area contributed by atoms with Crippen molar-refractivity contribution in [3.05, 3.63) is 52.0 Å². The Hall–Kier alpha value is -1.19. The molecule has 0 amide bonds. The number of unbranched alkanes of at least 4 members (excludes halogenated alkanes) is 12. The molecule has 2 aromatic rings. The largest absolute Gasteiger partial charge is 0.505 e. The Morgan fingerprint density at radius 1 is 0.794 bits per heavy atom. The summed E-state index contributed by atoms with van der Waals surface area (Å²) in [6, 6.07) is 11.2. The minimum atomic E-state index is -0.150. The van der Waals surface area contributed by atoms with E-state index in [2.05, 4.69) is 18.1 Å². The number of aryl methyl sites for hydroxylation is 1. The predicted octanol–water partition coefficient (Wildman–Crippen LogP) is 10.3. The van der Waals surface area contributed by atoms with Gasteiger partial charge in [0.25, 0.3) is 0 Å². The monoisotopic (exact) mass is 527 g/mol. The smallest absolute Gasteiger partial charge is 0.169 e. The highest BCUT2D eigenvalue weighted by Gasteiger charge is 2.07. The first-order chi connectivity index (χ1) is 16.6. The molecule has 0 aromatic heterocycles. The highest BCUT2D eigenvalue weighted by Crippen LogP contribution is 2.36. The van der Waals surface area contributed by atoms with E-state index in [0.29, 0.717) is 11.4 Å². The summed E-state index contributed by atoms with van der Waals surface area (Å²) in [5.41, 5.74) is 1.91. The SMILES string of the molecule is CCCCCCCCCCCCCCCc1cccc(OOPNc2cc(Cl)c(O)c(Cl)c2)c1. The number of phenols is 1. The third-order valence-electron chi connectivity index (χ3n) is 5.86. The maximum Gasteiger partial charge on any atom is 0.169 e. The summed E-state index contributed by atoms with van der Waals surface area (Å²) in [4.78, 5) is 5.41. The van der Waals surface area contributed by atoms with Crippen LogP contribution in [0.3, 0.4) is 0 Å².